The third-order valence-electron chi connectivity index (χ3n) is 5.36. The molecule has 2 aromatic rings. The lowest BCUT2D eigenvalue weighted by molar-refractivity contribution is 0.127. The van der Waals surface area contributed by atoms with Crippen LogP contribution in [0.15, 0.2) is 48.0 Å². The average molecular weight is 400 g/mol. The van der Waals surface area contributed by atoms with E-state index in [1.807, 2.05) is 36.8 Å². The molecule has 29 heavy (non-hydrogen) atoms. The first kappa shape index (κ1) is 21.2. The van der Waals surface area contributed by atoms with Crippen LogP contribution in [0, 0.1) is 5.92 Å². The molecule has 1 aliphatic heterocycles. The number of likely N-dealkylation sites (tertiary alicyclic amines) is 1. The topological polar surface area (TPSA) is 63.9 Å². The fourth-order valence-electron chi connectivity index (χ4n) is 3.69. The second kappa shape index (κ2) is 10.9. The summed E-state index contributed by atoms with van der Waals surface area (Å²) in [5.41, 5.74) is 1.11. The minimum absolute atomic E-state index is 0.416. The molecule has 1 aromatic carbocycles. The Labute approximate surface area is 173 Å². The van der Waals surface area contributed by atoms with Crippen LogP contribution in [0.25, 0.3) is 0 Å². The molecule has 0 amide bonds. The van der Waals surface area contributed by atoms with Crippen LogP contribution in [-0.4, -0.2) is 60.3 Å². The molecular formula is C22H33N5O2. The van der Waals surface area contributed by atoms with E-state index in [0.29, 0.717) is 31.7 Å². The molecule has 3 rings (SSSR count). The Kier molecular flexibility index (Phi) is 7.93. The monoisotopic (exact) mass is 399 g/mol. The molecule has 0 radical (unpaired) electrons. The van der Waals surface area contributed by atoms with Crippen molar-refractivity contribution in [1.82, 2.24) is 19.8 Å². The Bertz CT molecular complexity index is 762. The Morgan fingerprint density at radius 3 is 3.03 bits per heavy atom. The quantitative estimate of drug-likeness (QED) is 0.420. The highest BCUT2D eigenvalue weighted by molar-refractivity contribution is 5.80. The van der Waals surface area contributed by atoms with Gasteiger partial charge in [0.15, 0.2) is 5.96 Å². The maximum Gasteiger partial charge on any atom is 0.194 e. The van der Waals surface area contributed by atoms with E-state index in [-0.39, 0.29) is 0 Å². The van der Waals surface area contributed by atoms with Crippen LogP contribution in [0.1, 0.15) is 31.9 Å². The average Bonchev–Trinajstić information content (AvgIpc) is 3.28. The number of piperidine rings is 1. The molecule has 0 aliphatic carbocycles. The molecule has 1 aromatic heterocycles. The Morgan fingerprint density at radius 2 is 2.28 bits per heavy atom. The largest absolute Gasteiger partial charge is 0.497 e. The van der Waals surface area contributed by atoms with Gasteiger partial charge < -0.3 is 24.3 Å². The summed E-state index contributed by atoms with van der Waals surface area (Å²) >= 11 is 0. The van der Waals surface area contributed by atoms with Gasteiger partial charge in [-0.1, -0.05) is 19.1 Å². The number of rotatable bonds is 8. The molecule has 1 saturated heterocycles. The summed E-state index contributed by atoms with van der Waals surface area (Å²) in [6, 6.07) is 8.37. The summed E-state index contributed by atoms with van der Waals surface area (Å²) in [6.45, 7) is 9.01. The zero-order valence-electron chi connectivity index (χ0n) is 17.8. The van der Waals surface area contributed by atoms with Gasteiger partial charge in [0.1, 0.15) is 5.75 Å². The van der Waals surface area contributed by atoms with Gasteiger partial charge in [-0.2, -0.15) is 0 Å². The molecule has 1 N–H and O–H groups in total. The van der Waals surface area contributed by atoms with E-state index in [2.05, 4.69) is 39.8 Å². The van der Waals surface area contributed by atoms with E-state index in [4.69, 9.17) is 14.5 Å². The number of aromatic nitrogens is 2. The number of hydrogen-bond donors (Lipinski definition) is 1. The normalized spacial score (nSPS) is 20.0. The van der Waals surface area contributed by atoms with E-state index in [1.54, 1.807) is 7.11 Å². The zero-order chi connectivity index (χ0) is 20.5. The molecule has 2 heterocycles. The van der Waals surface area contributed by atoms with Crippen molar-refractivity contribution in [3.63, 3.8) is 0 Å². The van der Waals surface area contributed by atoms with Crippen molar-refractivity contribution in [1.29, 1.82) is 0 Å². The van der Waals surface area contributed by atoms with Crippen LogP contribution in [0.3, 0.4) is 0 Å². The summed E-state index contributed by atoms with van der Waals surface area (Å²) in [5.74, 6) is 2.44. The van der Waals surface area contributed by atoms with Crippen LogP contribution in [-0.2, 0) is 11.3 Å². The van der Waals surface area contributed by atoms with Crippen molar-refractivity contribution in [2.75, 3.05) is 39.9 Å². The summed E-state index contributed by atoms with van der Waals surface area (Å²) in [7, 11) is 1.68. The molecule has 0 spiro atoms. The molecule has 2 atom stereocenters. The number of imidazole rings is 1. The lowest BCUT2D eigenvalue weighted by atomic mass is 9.93. The number of benzene rings is 1. The number of aliphatic imine (C=N–C) groups is 1. The highest BCUT2D eigenvalue weighted by atomic mass is 16.5. The highest BCUT2D eigenvalue weighted by Gasteiger charge is 2.28. The first-order valence-corrected chi connectivity index (χ1v) is 10.4. The number of nitrogens with zero attached hydrogens (tertiary/aromatic N) is 4. The van der Waals surface area contributed by atoms with Gasteiger partial charge in [0.25, 0.3) is 0 Å². The molecule has 0 saturated carbocycles. The maximum atomic E-state index is 5.81. The molecule has 7 nitrogen and oxygen atoms in total. The highest BCUT2D eigenvalue weighted by Crippen LogP contribution is 2.27. The van der Waals surface area contributed by atoms with Gasteiger partial charge in [-0.05, 0) is 37.0 Å². The summed E-state index contributed by atoms with van der Waals surface area (Å²) in [6.07, 6.45) is 6.96. The SMILES string of the molecule is CCNC(=NCCOCc1cccc(OC)c1)N1CCC(C)C(n2ccnc2)C1. The second-order valence-electron chi connectivity index (χ2n) is 7.43. The summed E-state index contributed by atoms with van der Waals surface area (Å²) < 4.78 is 13.3. The standard InChI is InChI=1S/C22H33N5O2/c1-4-24-22(25-10-13-29-16-19-6-5-7-20(14-19)28-3)26-11-8-18(2)21(15-26)27-12-9-23-17-27/h5-7,9,12,14,17-18,21H,4,8,10-11,13,15-16H2,1-3H3,(H,24,25). The lowest BCUT2D eigenvalue weighted by Crippen LogP contribution is -2.49. The summed E-state index contributed by atoms with van der Waals surface area (Å²) in [4.78, 5) is 11.4. The van der Waals surface area contributed by atoms with Crippen molar-refractivity contribution in [2.24, 2.45) is 10.9 Å². The minimum Gasteiger partial charge on any atom is -0.497 e. The smallest absolute Gasteiger partial charge is 0.194 e. The molecule has 158 valence electrons. The van der Waals surface area contributed by atoms with Gasteiger partial charge in [0.2, 0.25) is 0 Å². The number of ether oxygens (including phenoxy) is 2. The van der Waals surface area contributed by atoms with Gasteiger partial charge in [-0.3, -0.25) is 4.99 Å². The van der Waals surface area contributed by atoms with E-state index in [9.17, 15) is 0 Å². The first-order chi connectivity index (χ1) is 14.2. The van der Waals surface area contributed by atoms with Gasteiger partial charge in [-0.15, -0.1) is 0 Å². The van der Waals surface area contributed by atoms with Crippen molar-refractivity contribution in [3.8, 4) is 5.75 Å². The van der Waals surface area contributed by atoms with E-state index in [0.717, 1.165) is 43.3 Å². The van der Waals surface area contributed by atoms with Gasteiger partial charge in [-0.25, -0.2) is 4.98 Å². The second-order valence-corrected chi connectivity index (χ2v) is 7.43. The number of nitrogens with one attached hydrogen (secondary N) is 1. The first-order valence-electron chi connectivity index (χ1n) is 10.4. The van der Waals surface area contributed by atoms with Crippen molar-refractivity contribution in [3.05, 3.63) is 48.5 Å². The van der Waals surface area contributed by atoms with Crippen LogP contribution in [0.2, 0.25) is 0 Å². The Hall–Kier alpha value is -2.54. The van der Waals surface area contributed by atoms with Gasteiger partial charge in [0.05, 0.1) is 39.2 Å². The zero-order valence-corrected chi connectivity index (χ0v) is 17.8. The van der Waals surface area contributed by atoms with Gasteiger partial charge >= 0.3 is 0 Å². The fourth-order valence-corrected chi connectivity index (χ4v) is 3.69. The predicted octanol–water partition coefficient (Wildman–Crippen LogP) is 2.96. The van der Waals surface area contributed by atoms with Gasteiger partial charge in [0, 0.05) is 32.0 Å². The van der Waals surface area contributed by atoms with Crippen molar-refractivity contribution in [2.45, 2.75) is 32.9 Å². The molecule has 7 heteroatoms. The van der Waals surface area contributed by atoms with E-state index in [1.165, 1.54) is 0 Å². The molecule has 1 aliphatic rings. The fraction of sp³-hybridized carbons (Fsp3) is 0.545. The van der Waals surface area contributed by atoms with E-state index < -0.39 is 0 Å². The molecule has 1 fully saturated rings. The Balaban J connectivity index is 1.52. The Morgan fingerprint density at radius 1 is 1.38 bits per heavy atom. The van der Waals surface area contributed by atoms with E-state index >= 15 is 0 Å². The van der Waals surface area contributed by atoms with Crippen LogP contribution < -0.4 is 10.1 Å². The number of methoxy groups -OCH3 is 1. The number of guanidine groups is 1. The summed E-state index contributed by atoms with van der Waals surface area (Å²) in [5, 5.41) is 3.44. The third kappa shape index (κ3) is 5.97. The van der Waals surface area contributed by atoms with Crippen LogP contribution in [0.4, 0.5) is 0 Å². The third-order valence-corrected chi connectivity index (χ3v) is 5.36. The molecule has 0 bridgehead atoms. The van der Waals surface area contributed by atoms with Crippen LogP contribution >= 0.6 is 0 Å². The maximum absolute atomic E-state index is 5.81. The van der Waals surface area contributed by atoms with Crippen molar-refractivity contribution >= 4 is 5.96 Å². The lowest BCUT2D eigenvalue weighted by Gasteiger charge is -2.39. The van der Waals surface area contributed by atoms with Crippen molar-refractivity contribution < 1.29 is 9.47 Å². The molecule has 2 unspecified atom stereocenters. The predicted molar refractivity (Wildman–Crippen MR) is 115 cm³/mol. The molecular weight excluding hydrogens is 366 g/mol. The minimum atomic E-state index is 0.416. The number of hydrogen-bond acceptors (Lipinski definition) is 4. The van der Waals surface area contributed by atoms with Crippen LogP contribution in [0.5, 0.6) is 5.75 Å².